The molecule has 3 rings (SSSR count). The van der Waals surface area contributed by atoms with Crippen molar-refractivity contribution >= 4 is 11.0 Å². The lowest BCUT2D eigenvalue weighted by Crippen LogP contribution is -2.29. The summed E-state index contributed by atoms with van der Waals surface area (Å²) in [5.74, 6) is 0.800. The molecule has 1 aliphatic rings. The van der Waals surface area contributed by atoms with Crippen LogP contribution >= 0.6 is 0 Å². The summed E-state index contributed by atoms with van der Waals surface area (Å²) in [6.45, 7) is 5.58. The molecule has 0 saturated carbocycles. The molecule has 1 N–H and O–H groups in total. The molecule has 0 aliphatic carbocycles. The molecule has 0 atom stereocenters. The molecule has 0 bridgehead atoms. The smallest absolute Gasteiger partial charge is 0.0958 e. The van der Waals surface area contributed by atoms with Gasteiger partial charge in [0, 0.05) is 6.54 Å². The van der Waals surface area contributed by atoms with Crippen molar-refractivity contribution in [3.05, 3.63) is 30.1 Å². The third kappa shape index (κ3) is 2.20. The predicted octanol–water partition coefficient (Wildman–Crippen LogP) is 2.34. The molecule has 1 aromatic carbocycles. The van der Waals surface area contributed by atoms with Gasteiger partial charge in [0.2, 0.25) is 0 Å². The standard InChI is InChI=1S/C14H19N3/c1-11-2-3-13-14(8-11)17(10-16-13)9-12-4-6-15-7-5-12/h2-3,8,10,12,15H,4-7,9H2,1H3. The highest BCUT2D eigenvalue weighted by molar-refractivity contribution is 5.75. The maximum atomic E-state index is 4.47. The van der Waals surface area contributed by atoms with E-state index in [1.807, 2.05) is 6.33 Å². The first-order valence-corrected chi connectivity index (χ1v) is 6.45. The first-order chi connectivity index (χ1) is 8.33. The Morgan fingerprint density at radius 2 is 2.18 bits per heavy atom. The Bertz CT molecular complexity index is 509. The molecule has 0 spiro atoms. The fourth-order valence-electron chi connectivity index (χ4n) is 2.65. The van der Waals surface area contributed by atoms with Gasteiger partial charge in [-0.15, -0.1) is 0 Å². The molecular weight excluding hydrogens is 210 g/mol. The van der Waals surface area contributed by atoms with Crippen LogP contribution < -0.4 is 5.32 Å². The van der Waals surface area contributed by atoms with Crippen LogP contribution in [0.15, 0.2) is 24.5 Å². The Morgan fingerprint density at radius 1 is 1.35 bits per heavy atom. The quantitative estimate of drug-likeness (QED) is 0.856. The maximum Gasteiger partial charge on any atom is 0.0958 e. The van der Waals surface area contributed by atoms with E-state index in [1.54, 1.807) is 0 Å². The van der Waals surface area contributed by atoms with Crippen LogP contribution in [-0.4, -0.2) is 22.6 Å². The van der Waals surface area contributed by atoms with Gasteiger partial charge in [0.25, 0.3) is 0 Å². The average Bonchev–Trinajstić information content (AvgIpc) is 2.73. The molecule has 0 unspecified atom stereocenters. The molecule has 0 radical (unpaired) electrons. The molecule has 1 fully saturated rings. The summed E-state index contributed by atoms with van der Waals surface area (Å²) in [5, 5.41) is 3.42. The van der Waals surface area contributed by atoms with Crippen LogP contribution in [-0.2, 0) is 6.54 Å². The van der Waals surface area contributed by atoms with Crippen LogP contribution in [0.5, 0.6) is 0 Å². The van der Waals surface area contributed by atoms with Crippen molar-refractivity contribution in [1.82, 2.24) is 14.9 Å². The van der Waals surface area contributed by atoms with Gasteiger partial charge < -0.3 is 9.88 Å². The van der Waals surface area contributed by atoms with Gasteiger partial charge in [0.15, 0.2) is 0 Å². The van der Waals surface area contributed by atoms with Crippen molar-refractivity contribution in [3.8, 4) is 0 Å². The number of nitrogens with one attached hydrogen (secondary N) is 1. The van der Waals surface area contributed by atoms with Crippen molar-refractivity contribution in [1.29, 1.82) is 0 Å². The van der Waals surface area contributed by atoms with E-state index in [0.717, 1.165) is 31.1 Å². The molecule has 2 heterocycles. The summed E-state index contributed by atoms with van der Waals surface area (Å²) in [7, 11) is 0. The van der Waals surface area contributed by atoms with Gasteiger partial charge in [-0.05, 0) is 56.5 Å². The number of imidazole rings is 1. The monoisotopic (exact) mass is 229 g/mol. The van der Waals surface area contributed by atoms with Gasteiger partial charge in [0.05, 0.1) is 17.4 Å². The molecule has 90 valence electrons. The third-order valence-electron chi connectivity index (χ3n) is 3.69. The molecular formula is C14H19N3. The van der Waals surface area contributed by atoms with Gasteiger partial charge in [0.1, 0.15) is 0 Å². The lowest BCUT2D eigenvalue weighted by Gasteiger charge is -2.23. The van der Waals surface area contributed by atoms with Crippen molar-refractivity contribution < 1.29 is 0 Å². The lowest BCUT2D eigenvalue weighted by atomic mass is 9.98. The van der Waals surface area contributed by atoms with Gasteiger partial charge in [-0.1, -0.05) is 6.07 Å². The largest absolute Gasteiger partial charge is 0.330 e. The van der Waals surface area contributed by atoms with Crippen molar-refractivity contribution in [2.75, 3.05) is 13.1 Å². The number of nitrogens with zero attached hydrogens (tertiary/aromatic N) is 2. The van der Waals surface area contributed by atoms with Gasteiger partial charge in [-0.3, -0.25) is 0 Å². The second kappa shape index (κ2) is 4.49. The van der Waals surface area contributed by atoms with Gasteiger partial charge in [-0.2, -0.15) is 0 Å². The normalized spacial score (nSPS) is 17.7. The maximum absolute atomic E-state index is 4.47. The van der Waals surface area contributed by atoms with Crippen LogP contribution in [0.1, 0.15) is 18.4 Å². The Morgan fingerprint density at radius 3 is 3.00 bits per heavy atom. The molecule has 0 amide bonds. The SMILES string of the molecule is Cc1ccc2ncn(CC3CCNCC3)c2c1. The molecule has 3 heteroatoms. The predicted molar refractivity (Wildman–Crippen MR) is 70.1 cm³/mol. The number of benzene rings is 1. The highest BCUT2D eigenvalue weighted by Gasteiger charge is 2.14. The van der Waals surface area contributed by atoms with E-state index in [-0.39, 0.29) is 0 Å². The highest BCUT2D eigenvalue weighted by atomic mass is 15.0. The molecule has 1 aromatic heterocycles. The molecule has 1 saturated heterocycles. The number of piperidine rings is 1. The second-order valence-electron chi connectivity index (χ2n) is 5.08. The van der Waals surface area contributed by atoms with E-state index < -0.39 is 0 Å². The molecule has 17 heavy (non-hydrogen) atoms. The number of fused-ring (bicyclic) bond motifs is 1. The van der Waals surface area contributed by atoms with Crippen LogP contribution in [0.3, 0.4) is 0 Å². The first-order valence-electron chi connectivity index (χ1n) is 6.45. The average molecular weight is 229 g/mol. The van der Waals surface area contributed by atoms with E-state index in [4.69, 9.17) is 0 Å². The Kier molecular flexibility index (Phi) is 2.85. The van der Waals surface area contributed by atoms with Crippen LogP contribution in [0.2, 0.25) is 0 Å². The number of hydrogen-bond donors (Lipinski definition) is 1. The zero-order valence-electron chi connectivity index (χ0n) is 10.3. The number of hydrogen-bond acceptors (Lipinski definition) is 2. The summed E-state index contributed by atoms with van der Waals surface area (Å²) < 4.78 is 2.32. The van der Waals surface area contributed by atoms with E-state index in [0.29, 0.717) is 0 Å². The number of rotatable bonds is 2. The van der Waals surface area contributed by atoms with Crippen LogP contribution in [0.4, 0.5) is 0 Å². The van der Waals surface area contributed by atoms with Crippen molar-refractivity contribution in [2.24, 2.45) is 5.92 Å². The van der Waals surface area contributed by atoms with E-state index in [2.05, 4.69) is 40.0 Å². The van der Waals surface area contributed by atoms with E-state index >= 15 is 0 Å². The summed E-state index contributed by atoms with van der Waals surface area (Å²) in [5.41, 5.74) is 3.71. The first kappa shape index (κ1) is 10.8. The summed E-state index contributed by atoms with van der Waals surface area (Å²) in [4.78, 5) is 4.47. The van der Waals surface area contributed by atoms with Gasteiger partial charge >= 0.3 is 0 Å². The minimum Gasteiger partial charge on any atom is -0.330 e. The zero-order chi connectivity index (χ0) is 11.7. The number of aryl methyl sites for hydroxylation is 1. The van der Waals surface area contributed by atoms with Crippen LogP contribution in [0, 0.1) is 12.8 Å². The molecule has 3 nitrogen and oxygen atoms in total. The Hall–Kier alpha value is -1.35. The summed E-state index contributed by atoms with van der Waals surface area (Å²) in [6.07, 6.45) is 4.56. The van der Waals surface area contributed by atoms with Crippen molar-refractivity contribution in [2.45, 2.75) is 26.3 Å². The fourth-order valence-corrected chi connectivity index (χ4v) is 2.65. The topological polar surface area (TPSA) is 29.9 Å². The van der Waals surface area contributed by atoms with E-state index in [1.165, 1.54) is 23.9 Å². The number of aromatic nitrogens is 2. The summed E-state index contributed by atoms with van der Waals surface area (Å²) >= 11 is 0. The van der Waals surface area contributed by atoms with Gasteiger partial charge in [-0.25, -0.2) is 4.98 Å². The van der Waals surface area contributed by atoms with E-state index in [9.17, 15) is 0 Å². The van der Waals surface area contributed by atoms with Crippen LogP contribution in [0.25, 0.3) is 11.0 Å². The second-order valence-corrected chi connectivity index (χ2v) is 5.08. The Balaban J connectivity index is 1.86. The lowest BCUT2D eigenvalue weighted by molar-refractivity contribution is 0.336. The molecule has 1 aliphatic heterocycles. The highest BCUT2D eigenvalue weighted by Crippen LogP contribution is 2.19. The minimum atomic E-state index is 0.800. The third-order valence-corrected chi connectivity index (χ3v) is 3.69. The fraction of sp³-hybridized carbons (Fsp3) is 0.500. The minimum absolute atomic E-state index is 0.800. The summed E-state index contributed by atoms with van der Waals surface area (Å²) in [6, 6.07) is 6.48. The van der Waals surface area contributed by atoms with Crippen molar-refractivity contribution in [3.63, 3.8) is 0 Å². The molecule has 2 aromatic rings. The zero-order valence-corrected chi connectivity index (χ0v) is 10.3. The Labute approximate surface area is 102 Å².